The van der Waals surface area contributed by atoms with Crippen molar-refractivity contribution in [2.45, 2.75) is 26.0 Å². The molecule has 0 aromatic carbocycles. The van der Waals surface area contributed by atoms with Gasteiger partial charge in [0.05, 0.1) is 21.7 Å². The Morgan fingerprint density at radius 2 is 2.12 bits per heavy atom. The Labute approximate surface area is 115 Å². The smallest absolute Gasteiger partial charge is 0.214 e. The lowest BCUT2D eigenvalue weighted by atomic mass is 10.3. The van der Waals surface area contributed by atoms with Crippen LogP contribution in [0.3, 0.4) is 0 Å². The first-order chi connectivity index (χ1) is 7.84. The third-order valence-electron chi connectivity index (χ3n) is 2.23. The minimum atomic E-state index is -3.31. The molecule has 0 aliphatic carbocycles. The van der Waals surface area contributed by atoms with Gasteiger partial charge in [-0.15, -0.1) is 11.3 Å². The average Bonchev–Trinajstić information content (AvgIpc) is 2.63. The molecular formula is C10H16BrNO3S2. The minimum Gasteiger partial charge on any atom is -0.381 e. The number of thiophene rings is 1. The molecule has 1 unspecified atom stereocenters. The first-order valence-corrected chi connectivity index (χ1v) is 8.38. The molecule has 0 radical (unpaired) electrons. The van der Waals surface area contributed by atoms with Crippen molar-refractivity contribution in [1.29, 1.82) is 0 Å². The van der Waals surface area contributed by atoms with Gasteiger partial charge in [-0.3, -0.25) is 0 Å². The van der Waals surface area contributed by atoms with Crippen molar-refractivity contribution in [3.63, 3.8) is 0 Å². The van der Waals surface area contributed by atoms with Gasteiger partial charge in [-0.2, -0.15) is 0 Å². The van der Waals surface area contributed by atoms with Crippen molar-refractivity contribution in [2.24, 2.45) is 0 Å². The van der Waals surface area contributed by atoms with Gasteiger partial charge in [0.2, 0.25) is 10.0 Å². The van der Waals surface area contributed by atoms with Crippen LogP contribution in [0.25, 0.3) is 0 Å². The van der Waals surface area contributed by atoms with Crippen LogP contribution in [0.1, 0.15) is 24.8 Å². The molecule has 0 amide bonds. The third-order valence-corrected chi connectivity index (χ3v) is 5.66. The number of nitrogens with one attached hydrogen (secondary N) is 1. The fourth-order valence-electron chi connectivity index (χ4n) is 1.31. The number of ether oxygens (including phenoxy) is 1. The normalized spacial score (nSPS) is 15.8. The van der Waals surface area contributed by atoms with Crippen molar-refractivity contribution in [3.8, 4) is 0 Å². The summed E-state index contributed by atoms with van der Waals surface area (Å²) in [4.78, 5) is 0.977. The highest BCUT2D eigenvalue weighted by Gasteiger charge is 2.19. The fourth-order valence-corrected chi connectivity index (χ4v) is 4.33. The molecule has 7 heteroatoms. The molecule has 1 rings (SSSR count). The maximum absolute atomic E-state index is 11.8. The number of hydrogen-bond donors (Lipinski definition) is 1. The van der Waals surface area contributed by atoms with Crippen LogP contribution in [0.15, 0.2) is 15.9 Å². The predicted molar refractivity (Wildman–Crippen MR) is 73.8 cm³/mol. The van der Waals surface area contributed by atoms with Crippen LogP contribution in [0, 0.1) is 0 Å². The Morgan fingerprint density at radius 3 is 2.59 bits per heavy atom. The Kier molecular flexibility index (Phi) is 5.59. The van der Waals surface area contributed by atoms with Gasteiger partial charge in [-0.25, -0.2) is 13.1 Å². The highest BCUT2D eigenvalue weighted by Crippen LogP contribution is 2.27. The Morgan fingerprint density at radius 1 is 1.47 bits per heavy atom. The second-order valence-corrected chi connectivity index (χ2v) is 8.10. The minimum absolute atomic E-state index is 0.0274. The summed E-state index contributed by atoms with van der Waals surface area (Å²) >= 11 is 4.87. The molecule has 98 valence electrons. The predicted octanol–water partition coefficient (Wildman–Crippen LogP) is 2.53. The van der Waals surface area contributed by atoms with Gasteiger partial charge < -0.3 is 4.74 Å². The number of rotatable bonds is 6. The van der Waals surface area contributed by atoms with Gasteiger partial charge in [-0.1, -0.05) is 0 Å². The first-order valence-electron chi connectivity index (χ1n) is 5.12. The zero-order valence-corrected chi connectivity index (χ0v) is 13.2. The molecule has 0 aliphatic rings. The molecule has 0 saturated carbocycles. The molecule has 1 heterocycles. The van der Waals surface area contributed by atoms with Gasteiger partial charge in [0.1, 0.15) is 0 Å². The first kappa shape index (κ1) is 15.1. The van der Waals surface area contributed by atoms with E-state index in [2.05, 4.69) is 20.7 Å². The van der Waals surface area contributed by atoms with Crippen LogP contribution in [-0.2, 0) is 14.8 Å². The van der Waals surface area contributed by atoms with E-state index in [0.29, 0.717) is 0 Å². The lowest BCUT2D eigenvalue weighted by molar-refractivity contribution is 0.136. The number of methoxy groups -OCH3 is 1. The Balaban J connectivity index is 2.64. The van der Waals surface area contributed by atoms with Crippen LogP contribution in [0.2, 0.25) is 0 Å². The van der Waals surface area contributed by atoms with E-state index in [9.17, 15) is 8.42 Å². The van der Waals surface area contributed by atoms with Crippen molar-refractivity contribution >= 4 is 37.3 Å². The number of halogens is 1. The summed E-state index contributed by atoms with van der Waals surface area (Å²) in [6, 6.07) is 3.59. The molecule has 0 fully saturated rings. The lowest BCUT2D eigenvalue weighted by Gasteiger charge is -2.15. The van der Waals surface area contributed by atoms with Crippen molar-refractivity contribution in [3.05, 3.63) is 20.8 Å². The fraction of sp³-hybridized carbons (Fsp3) is 0.600. The van der Waals surface area contributed by atoms with E-state index in [-0.39, 0.29) is 17.9 Å². The van der Waals surface area contributed by atoms with Crippen LogP contribution in [0.5, 0.6) is 0 Å². The summed E-state index contributed by atoms with van der Waals surface area (Å²) in [5.74, 6) is -0.0274. The molecule has 1 N–H and O–H groups in total. The zero-order valence-electron chi connectivity index (χ0n) is 9.94. The molecule has 17 heavy (non-hydrogen) atoms. The molecule has 4 nitrogen and oxygen atoms in total. The quantitative estimate of drug-likeness (QED) is 0.864. The second kappa shape index (κ2) is 6.29. The van der Waals surface area contributed by atoms with Gasteiger partial charge in [-0.05, 0) is 41.9 Å². The molecule has 0 saturated heterocycles. The molecular weight excluding hydrogens is 326 g/mol. The maximum atomic E-state index is 11.8. The van der Waals surface area contributed by atoms with Crippen molar-refractivity contribution < 1.29 is 13.2 Å². The SMILES string of the molecule is COC(C)CS(=O)(=O)N[C@@H](C)c1ccc(Br)s1. The summed E-state index contributed by atoms with van der Waals surface area (Å²) < 4.78 is 32.2. The van der Waals surface area contributed by atoms with E-state index in [4.69, 9.17) is 4.74 Å². The number of sulfonamides is 1. The van der Waals surface area contributed by atoms with Crippen LogP contribution >= 0.6 is 27.3 Å². The summed E-state index contributed by atoms with van der Waals surface area (Å²) in [5.41, 5.74) is 0. The number of hydrogen-bond acceptors (Lipinski definition) is 4. The van der Waals surface area contributed by atoms with Crippen molar-refractivity contribution in [1.82, 2.24) is 4.72 Å². The molecule has 2 atom stereocenters. The average molecular weight is 342 g/mol. The van der Waals surface area contributed by atoms with Crippen LogP contribution in [-0.4, -0.2) is 27.4 Å². The summed E-state index contributed by atoms with van der Waals surface area (Å²) in [7, 11) is -1.81. The van der Waals surface area contributed by atoms with Gasteiger partial charge in [0.25, 0.3) is 0 Å². The standard InChI is InChI=1S/C10H16BrNO3S2/c1-7(15-3)6-17(13,14)12-8(2)9-4-5-10(11)16-9/h4-5,7-8,12H,6H2,1-3H3/t7?,8-/m0/s1. The molecule has 0 bridgehead atoms. The highest BCUT2D eigenvalue weighted by molar-refractivity contribution is 9.11. The molecule has 1 aromatic heterocycles. The van der Waals surface area contributed by atoms with E-state index < -0.39 is 10.0 Å². The van der Waals surface area contributed by atoms with Gasteiger partial charge in [0.15, 0.2) is 0 Å². The van der Waals surface area contributed by atoms with E-state index in [1.54, 1.807) is 6.92 Å². The second-order valence-electron chi connectivity index (χ2n) is 3.81. The monoisotopic (exact) mass is 341 g/mol. The molecule has 0 aliphatic heterocycles. The van der Waals surface area contributed by atoms with E-state index in [1.165, 1.54) is 18.4 Å². The topological polar surface area (TPSA) is 55.4 Å². The summed E-state index contributed by atoms with van der Waals surface area (Å²) in [6.45, 7) is 3.55. The maximum Gasteiger partial charge on any atom is 0.214 e. The summed E-state index contributed by atoms with van der Waals surface area (Å²) in [6.07, 6.45) is -0.310. The highest BCUT2D eigenvalue weighted by atomic mass is 79.9. The van der Waals surface area contributed by atoms with E-state index >= 15 is 0 Å². The Hall–Kier alpha value is 0.0500. The van der Waals surface area contributed by atoms with Crippen molar-refractivity contribution in [2.75, 3.05) is 12.9 Å². The van der Waals surface area contributed by atoms with E-state index in [0.717, 1.165) is 8.66 Å². The molecule has 0 spiro atoms. The van der Waals surface area contributed by atoms with E-state index in [1.807, 2.05) is 19.1 Å². The van der Waals surface area contributed by atoms with Crippen LogP contribution < -0.4 is 4.72 Å². The van der Waals surface area contributed by atoms with Gasteiger partial charge >= 0.3 is 0 Å². The largest absolute Gasteiger partial charge is 0.381 e. The lowest BCUT2D eigenvalue weighted by Crippen LogP contribution is -2.33. The van der Waals surface area contributed by atoms with Crippen LogP contribution in [0.4, 0.5) is 0 Å². The zero-order chi connectivity index (χ0) is 13.1. The van der Waals surface area contributed by atoms with Gasteiger partial charge in [0, 0.05) is 12.0 Å². The molecule has 1 aromatic rings. The summed E-state index contributed by atoms with van der Waals surface area (Å²) in [5, 5.41) is 0. The Bertz CT molecular complexity index is 458. The third kappa shape index (κ3) is 5.05.